The molecule has 0 aliphatic rings. The molecule has 1 aromatic rings. The van der Waals surface area contributed by atoms with Gasteiger partial charge >= 0.3 is 5.97 Å². The molecular formula is C11H13BrClNO4S. The summed E-state index contributed by atoms with van der Waals surface area (Å²) in [5.74, 6) is -0.442. The van der Waals surface area contributed by atoms with Gasteiger partial charge < -0.3 is 4.74 Å². The van der Waals surface area contributed by atoms with Crippen LogP contribution in [0.5, 0.6) is 0 Å². The zero-order valence-electron chi connectivity index (χ0n) is 10.2. The molecular weight excluding hydrogens is 358 g/mol. The Morgan fingerprint density at radius 3 is 2.74 bits per heavy atom. The van der Waals surface area contributed by atoms with Crippen LogP contribution in [-0.4, -0.2) is 27.5 Å². The summed E-state index contributed by atoms with van der Waals surface area (Å²) in [6, 6.07) is 4.26. The van der Waals surface area contributed by atoms with E-state index >= 15 is 0 Å². The smallest absolute Gasteiger partial charge is 0.307 e. The number of benzene rings is 1. The molecule has 0 aliphatic heterocycles. The van der Waals surface area contributed by atoms with Crippen LogP contribution in [0.1, 0.15) is 13.3 Å². The fourth-order valence-electron chi connectivity index (χ4n) is 1.25. The van der Waals surface area contributed by atoms with Crippen LogP contribution in [0.2, 0.25) is 5.02 Å². The Morgan fingerprint density at radius 1 is 1.47 bits per heavy atom. The summed E-state index contributed by atoms with van der Waals surface area (Å²) in [4.78, 5) is 11.2. The van der Waals surface area contributed by atoms with Crippen molar-refractivity contribution in [3.8, 4) is 0 Å². The number of halogens is 2. The Bertz CT molecular complexity index is 562. The van der Waals surface area contributed by atoms with Crippen molar-refractivity contribution in [2.24, 2.45) is 0 Å². The van der Waals surface area contributed by atoms with Crippen LogP contribution in [0.15, 0.2) is 27.6 Å². The lowest BCUT2D eigenvalue weighted by atomic mass is 10.4. The monoisotopic (exact) mass is 369 g/mol. The van der Waals surface area contributed by atoms with E-state index in [2.05, 4.69) is 20.7 Å². The van der Waals surface area contributed by atoms with Crippen molar-refractivity contribution in [3.63, 3.8) is 0 Å². The molecule has 0 unspecified atom stereocenters. The molecule has 0 amide bonds. The van der Waals surface area contributed by atoms with Crippen molar-refractivity contribution in [1.29, 1.82) is 0 Å². The van der Waals surface area contributed by atoms with E-state index in [4.69, 9.17) is 16.3 Å². The molecule has 1 rings (SSSR count). The predicted octanol–water partition coefficient (Wildman–Crippen LogP) is 2.33. The zero-order chi connectivity index (χ0) is 14.5. The van der Waals surface area contributed by atoms with Gasteiger partial charge in [0.25, 0.3) is 0 Å². The summed E-state index contributed by atoms with van der Waals surface area (Å²) in [7, 11) is -3.66. The normalized spacial score (nSPS) is 11.3. The van der Waals surface area contributed by atoms with Gasteiger partial charge in [-0.2, -0.15) is 0 Å². The molecule has 5 nitrogen and oxygen atoms in total. The highest BCUT2D eigenvalue weighted by molar-refractivity contribution is 9.10. The van der Waals surface area contributed by atoms with Gasteiger partial charge in [-0.25, -0.2) is 13.1 Å². The highest BCUT2D eigenvalue weighted by Gasteiger charge is 2.15. The number of sulfonamides is 1. The van der Waals surface area contributed by atoms with Crippen molar-refractivity contribution in [2.75, 3.05) is 13.2 Å². The third kappa shape index (κ3) is 5.10. The van der Waals surface area contributed by atoms with Crippen LogP contribution < -0.4 is 4.72 Å². The lowest BCUT2D eigenvalue weighted by molar-refractivity contribution is -0.142. The van der Waals surface area contributed by atoms with Crippen molar-refractivity contribution in [3.05, 3.63) is 27.7 Å². The van der Waals surface area contributed by atoms with E-state index in [1.165, 1.54) is 18.2 Å². The third-order valence-corrected chi connectivity index (χ3v) is 4.80. The summed E-state index contributed by atoms with van der Waals surface area (Å²) in [5, 5.41) is 0.422. The number of hydrogen-bond donors (Lipinski definition) is 1. The number of ether oxygens (including phenoxy) is 1. The van der Waals surface area contributed by atoms with Crippen molar-refractivity contribution in [2.45, 2.75) is 18.2 Å². The molecule has 0 bridgehead atoms. The number of nitrogens with one attached hydrogen (secondary N) is 1. The Kier molecular flexibility index (Phi) is 6.25. The van der Waals surface area contributed by atoms with Crippen LogP contribution >= 0.6 is 27.5 Å². The largest absolute Gasteiger partial charge is 0.466 e. The highest BCUT2D eigenvalue weighted by Crippen LogP contribution is 2.25. The summed E-state index contributed by atoms with van der Waals surface area (Å²) in [5.41, 5.74) is 0. The first-order valence-corrected chi connectivity index (χ1v) is 8.12. The van der Waals surface area contributed by atoms with Crippen molar-refractivity contribution >= 4 is 43.5 Å². The molecule has 0 aromatic heterocycles. The summed E-state index contributed by atoms with van der Waals surface area (Å²) < 4.78 is 31.3. The van der Waals surface area contributed by atoms with Gasteiger partial charge in [-0.1, -0.05) is 11.6 Å². The average Bonchev–Trinajstić information content (AvgIpc) is 2.32. The SMILES string of the molecule is CCOC(=O)CCNS(=O)(=O)c1ccc(Cl)c(Br)c1. The molecule has 0 saturated heterocycles. The molecule has 0 fully saturated rings. The molecule has 0 saturated carbocycles. The second-order valence-corrected chi connectivity index (χ2v) is 6.56. The zero-order valence-corrected chi connectivity index (χ0v) is 13.3. The average molecular weight is 371 g/mol. The fourth-order valence-corrected chi connectivity index (χ4v) is 2.95. The maximum absolute atomic E-state index is 11.9. The summed E-state index contributed by atoms with van der Waals surface area (Å²) in [6.45, 7) is 1.95. The molecule has 0 radical (unpaired) electrons. The minimum absolute atomic E-state index is 0.0121. The quantitative estimate of drug-likeness (QED) is 0.780. The fraction of sp³-hybridized carbons (Fsp3) is 0.364. The second-order valence-electron chi connectivity index (χ2n) is 3.53. The lowest BCUT2D eigenvalue weighted by Gasteiger charge is -2.07. The van der Waals surface area contributed by atoms with Crippen LogP contribution in [0.4, 0.5) is 0 Å². The van der Waals surface area contributed by atoms with E-state index in [1.807, 2.05) is 0 Å². The summed E-state index contributed by atoms with van der Waals surface area (Å²) in [6.07, 6.45) is -0.0121. The molecule has 1 N–H and O–H groups in total. The topological polar surface area (TPSA) is 72.5 Å². The molecule has 19 heavy (non-hydrogen) atoms. The number of carbonyl (C=O) groups excluding carboxylic acids is 1. The van der Waals surface area contributed by atoms with Gasteiger partial charge in [0.2, 0.25) is 10.0 Å². The number of hydrogen-bond acceptors (Lipinski definition) is 4. The van der Waals surface area contributed by atoms with Crippen LogP contribution in [0.3, 0.4) is 0 Å². The van der Waals surface area contributed by atoms with Gasteiger partial charge in [0.15, 0.2) is 0 Å². The van der Waals surface area contributed by atoms with E-state index in [0.717, 1.165) is 0 Å². The van der Waals surface area contributed by atoms with Gasteiger partial charge in [-0.05, 0) is 41.1 Å². The van der Waals surface area contributed by atoms with Gasteiger partial charge in [-0.15, -0.1) is 0 Å². The van der Waals surface area contributed by atoms with E-state index in [9.17, 15) is 13.2 Å². The first kappa shape index (κ1) is 16.4. The molecule has 0 atom stereocenters. The molecule has 1 aromatic carbocycles. The Hall–Kier alpha value is -0.630. The standard InChI is InChI=1S/C11H13BrClNO4S/c1-2-18-11(15)5-6-14-19(16,17)8-3-4-10(13)9(12)7-8/h3-4,7,14H,2,5-6H2,1H3. The Balaban J connectivity index is 2.66. The van der Waals surface area contributed by atoms with Gasteiger partial charge in [-0.3, -0.25) is 4.79 Å². The molecule has 0 aliphatic carbocycles. The minimum Gasteiger partial charge on any atom is -0.466 e. The minimum atomic E-state index is -3.66. The molecule has 0 spiro atoms. The summed E-state index contributed by atoms with van der Waals surface area (Å²) >= 11 is 8.94. The van der Waals surface area contributed by atoms with Crippen LogP contribution in [0, 0.1) is 0 Å². The van der Waals surface area contributed by atoms with Crippen molar-refractivity contribution < 1.29 is 17.9 Å². The van der Waals surface area contributed by atoms with Crippen LogP contribution in [-0.2, 0) is 19.6 Å². The number of carbonyl (C=O) groups is 1. The highest BCUT2D eigenvalue weighted by atomic mass is 79.9. The Morgan fingerprint density at radius 2 is 2.16 bits per heavy atom. The van der Waals surface area contributed by atoms with Crippen LogP contribution in [0.25, 0.3) is 0 Å². The van der Waals surface area contributed by atoms with E-state index in [-0.39, 0.29) is 24.5 Å². The Labute approximate surface area is 125 Å². The van der Waals surface area contributed by atoms with E-state index < -0.39 is 16.0 Å². The van der Waals surface area contributed by atoms with E-state index in [0.29, 0.717) is 9.50 Å². The molecule has 106 valence electrons. The van der Waals surface area contributed by atoms with Gasteiger partial charge in [0, 0.05) is 11.0 Å². The first-order chi connectivity index (χ1) is 8.86. The maximum Gasteiger partial charge on any atom is 0.307 e. The number of esters is 1. The maximum atomic E-state index is 11.9. The first-order valence-electron chi connectivity index (χ1n) is 5.47. The van der Waals surface area contributed by atoms with Crippen molar-refractivity contribution in [1.82, 2.24) is 4.72 Å². The molecule has 0 heterocycles. The van der Waals surface area contributed by atoms with Gasteiger partial charge in [0.1, 0.15) is 0 Å². The predicted molar refractivity (Wildman–Crippen MR) is 75.6 cm³/mol. The van der Waals surface area contributed by atoms with E-state index in [1.54, 1.807) is 6.92 Å². The third-order valence-electron chi connectivity index (χ3n) is 2.13. The second kappa shape index (κ2) is 7.23. The molecule has 8 heteroatoms. The number of rotatable bonds is 6. The lowest BCUT2D eigenvalue weighted by Crippen LogP contribution is -2.26. The van der Waals surface area contributed by atoms with Gasteiger partial charge in [0.05, 0.1) is 22.9 Å².